The average molecular weight is 477 g/mol. The highest BCUT2D eigenvalue weighted by Gasteiger charge is 2.27. The number of methoxy groups -OCH3 is 1. The number of hydrogen-bond acceptors (Lipinski definition) is 4. The molecule has 0 radical (unpaired) electrons. The monoisotopic (exact) mass is 476 g/mol. The topological polar surface area (TPSA) is 75.7 Å². The fourth-order valence-electron chi connectivity index (χ4n) is 2.96. The van der Waals surface area contributed by atoms with E-state index in [9.17, 15) is 17.6 Å². The van der Waals surface area contributed by atoms with E-state index in [0.29, 0.717) is 10.8 Å². The summed E-state index contributed by atoms with van der Waals surface area (Å²) in [4.78, 5) is 12.6. The summed E-state index contributed by atoms with van der Waals surface area (Å²) in [5.41, 5.74) is 0.980. The van der Waals surface area contributed by atoms with Crippen LogP contribution in [0.1, 0.15) is 11.1 Å². The van der Waals surface area contributed by atoms with Gasteiger partial charge in [-0.1, -0.05) is 41.9 Å². The van der Waals surface area contributed by atoms with Gasteiger partial charge in [0.2, 0.25) is 15.9 Å². The molecule has 0 aromatic heterocycles. The zero-order chi connectivity index (χ0) is 23.1. The average Bonchev–Trinajstić information content (AvgIpc) is 2.79. The smallest absolute Gasteiger partial charge is 0.243 e. The molecule has 0 aliphatic rings. The first-order chi connectivity index (χ1) is 15.3. The standard InChI is InChI=1S/C23H22ClFN2O4S/c1-31-20-10-6-17(7-11-20)14-26-23(28)16-27(15-18-4-2-3-5-22(18)25)32(29,30)21-12-8-19(24)9-13-21/h2-13H,14-16H2,1H3,(H,26,28). The molecule has 0 aliphatic heterocycles. The third kappa shape index (κ3) is 6.06. The molecule has 0 heterocycles. The lowest BCUT2D eigenvalue weighted by atomic mass is 10.2. The van der Waals surface area contributed by atoms with E-state index in [4.69, 9.17) is 16.3 Å². The lowest BCUT2D eigenvalue weighted by Crippen LogP contribution is -2.40. The predicted molar refractivity (Wildman–Crippen MR) is 120 cm³/mol. The van der Waals surface area contributed by atoms with Gasteiger partial charge in [-0.25, -0.2) is 12.8 Å². The molecule has 0 spiro atoms. The third-order valence-electron chi connectivity index (χ3n) is 4.72. The molecular formula is C23H22ClFN2O4S. The second kappa shape index (κ2) is 10.6. The minimum absolute atomic E-state index is 0.0406. The van der Waals surface area contributed by atoms with Crippen LogP contribution in [0.4, 0.5) is 4.39 Å². The van der Waals surface area contributed by atoms with Crippen LogP contribution in [0.3, 0.4) is 0 Å². The molecule has 168 valence electrons. The fourth-order valence-corrected chi connectivity index (χ4v) is 4.46. The van der Waals surface area contributed by atoms with Gasteiger partial charge in [-0.05, 0) is 48.0 Å². The summed E-state index contributed by atoms with van der Waals surface area (Å²) in [6, 6.07) is 18.5. The van der Waals surface area contributed by atoms with Crippen LogP contribution < -0.4 is 10.1 Å². The number of carbonyl (C=O) groups excluding carboxylic acids is 1. The minimum Gasteiger partial charge on any atom is -0.497 e. The van der Waals surface area contributed by atoms with Crippen LogP contribution in [-0.4, -0.2) is 32.3 Å². The number of halogens is 2. The van der Waals surface area contributed by atoms with Gasteiger partial charge in [0, 0.05) is 23.7 Å². The van der Waals surface area contributed by atoms with Crippen molar-refractivity contribution in [1.29, 1.82) is 0 Å². The maximum atomic E-state index is 14.2. The van der Waals surface area contributed by atoms with Gasteiger partial charge >= 0.3 is 0 Å². The number of benzene rings is 3. The summed E-state index contributed by atoms with van der Waals surface area (Å²) < 4.78 is 46.7. The normalized spacial score (nSPS) is 11.4. The van der Waals surface area contributed by atoms with E-state index in [1.54, 1.807) is 37.4 Å². The molecule has 0 saturated carbocycles. The number of nitrogens with one attached hydrogen (secondary N) is 1. The number of ether oxygens (including phenoxy) is 1. The highest BCUT2D eigenvalue weighted by Crippen LogP contribution is 2.21. The summed E-state index contributed by atoms with van der Waals surface area (Å²) in [5, 5.41) is 3.08. The van der Waals surface area contributed by atoms with Crippen LogP contribution in [0.25, 0.3) is 0 Å². The Labute approximate surface area is 191 Å². The Hall–Kier alpha value is -2.94. The Morgan fingerprint density at radius 2 is 1.69 bits per heavy atom. The van der Waals surface area contributed by atoms with Crippen LogP contribution in [-0.2, 0) is 27.9 Å². The Morgan fingerprint density at radius 1 is 1.03 bits per heavy atom. The number of sulfonamides is 1. The third-order valence-corrected chi connectivity index (χ3v) is 6.78. The largest absolute Gasteiger partial charge is 0.497 e. The predicted octanol–water partition coefficient (Wildman–Crippen LogP) is 4.00. The molecular weight excluding hydrogens is 455 g/mol. The Kier molecular flexibility index (Phi) is 7.84. The molecule has 0 aliphatic carbocycles. The highest BCUT2D eigenvalue weighted by molar-refractivity contribution is 7.89. The number of hydrogen-bond donors (Lipinski definition) is 1. The van der Waals surface area contributed by atoms with Crippen molar-refractivity contribution in [1.82, 2.24) is 9.62 Å². The molecule has 3 aromatic rings. The van der Waals surface area contributed by atoms with Gasteiger partial charge in [0.05, 0.1) is 18.6 Å². The van der Waals surface area contributed by atoms with E-state index in [1.165, 1.54) is 42.5 Å². The van der Waals surface area contributed by atoms with Gasteiger partial charge < -0.3 is 10.1 Å². The lowest BCUT2D eigenvalue weighted by molar-refractivity contribution is -0.121. The van der Waals surface area contributed by atoms with E-state index in [2.05, 4.69) is 5.32 Å². The maximum absolute atomic E-state index is 14.2. The van der Waals surface area contributed by atoms with E-state index < -0.39 is 28.3 Å². The summed E-state index contributed by atoms with van der Waals surface area (Å²) in [6.07, 6.45) is 0. The first-order valence-electron chi connectivity index (χ1n) is 9.68. The van der Waals surface area contributed by atoms with E-state index in [-0.39, 0.29) is 23.5 Å². The zero-order valence-electron chi connectivity index (χ0n) is 17.3. The molecule has 0 unspecified atom stereocenters. The first kappa shape index (κ1) is 23.7. The minimum atomic E-state index is -4.09. The van der Waals surface area contributed by atoms with Gasteiger partial charge in [0.15, 0.2) is 0 Å². The summed E-state index contributed by atoms with van der Waals surface area (Å²) in [6.45, 7) is -0.569. The Bertz CT molecular complexity index is 1170. The van der Waals surface area contributed by atoms with Crippen molar-refractivity contribution < 1.29 is 22.3 Å². The van der Waals surface area contributed by atoms with Gasteiger partial charge in [0.1, 0.15) is 11.6 Å². The van der Waals surface area contributed by atoms with Gasteiger partial charge in [-0.3, -0.25) is 4.79 Å². The number of rotatable bonds is 9. The number of carbonyl (C=O) groups is 1. The first-order valence-corrected chi connectivity index (χ1v) is 11.5. The SMILES string of the molecule is COc1ccc(CNC(=O)CN(Cc2ccccc2F)S(=O)(=O)c2ccc(Cl)cc2)cc1. The Balaban J connectivity index is 1.79. The molecule has 0 fully saturated rings. The fraction of sp³-hybridized carbons (Fsp3) is 0.174. The summed E-state index contributed by atoms with van der Waals surface area (Å²) in [7, 11) is -2.53. The second-order valence-corrected chi connectivity index (χ2v) is 9.32. The van der Waals surface area contributed by atoms with Crippen molar-refractivity contribution in [3.05, 3.63) is 94.8 Å². The molecule has 3 rings (SSSR count). The number of nitrogens with zero attached hydrogens (tertiary/aromatic N) is 1. The van der Waals surface area contributed by atoms with Gasteiger partial charge in [-0.2, -0.15) is 4.31 Å². The molecule has 3 aromatic carbocycles. The maximum Gasteiger partial charge on any atom is 0.243 e. The van der Waals surface area contributed by atoms with Crippen LogP contribution in [0, 0.1) is 5.82 Å². The van der Waals surface area contributed by atoms with Gasteiger partial charge in [0.25, 0.3) is 0 Å². The van der Waals surface area contributed by atoms with Crippen molar-refractivity contribution in [3.63, 3.8) is 0 Å². The van der Waals surface area contributed by atoms with E-state index >= 15 is 0 Å². The second-order valence-electron chi connectivity index (χ2n) is 6.94. The van der Waals surface area contributed by atoms with Crippen molar-refractivity contribution in [2.45, 2.75) is 18.0 Å². The van der Waals surface area contributed by atoms with Crippen molar-refractivity contribution in [2.75, 3.05) is 13.7 Å². The molecule has 1 N–H and O–H groups in total. The van der Waals surface area contributed by atoms with Crippen molar-refractivity contribution in [3.8, 4) is 5.75 Å². The molecule has 32 heavy (non-hydrogen) atoms. The highest BCUT2D eigenvalue weighted by atomic mass is 35.5. The summed E-state index contributed by atoms with van der Waals surface area (Å²) >= 11 is 5.86. The summed E-state index contributed by atoms with van der Waals surface area (Å²) in [5.74, 6) is -0.387. The molecule has 1 amide bonds. The zero-order valence-corrected chi connectivity index (χ0v) is 18.9. The van der Waals surface area contributed by atoms with Crippen LogP contribution in [0.15, 0.2) is 77.7 Å². The van der Waals surface area contributed by atoms with Crippen LogP contribution in [0.5, 0.6) is 5.75 Å². The molecule has 0 atom stereocenters. The molecule has 9 heteroatoms. The van der Waals surface area contributed by atoms with Crippen molar-refractivity contribution in [2.24, 2.45) is 0 Å². The van der Waals surface area contributed by atoms with Gasteiger partial charge in [-0.15, -0.1) is 0 Å². The van der Waals surface area contributed by atoms with E-state index in [0.717, 1.165) is 9.87 Å². The number of amides is 1. The quantitative estimate of drug-likeness (QED) is 0.506. The lowest BCUT2D eigenvalue weighted by Gasteiger charge is -2.22. The van der Waals surface area contributed by atoms with Crippen molar-refractivity contribution >= 4 is 27.5 Å². The van der Waals surface area contributed by atoms with Crippen LogP contribution in [0.2, 0.25) is 5.02 Å². The molecule has 0 saturated heterocycles. The van der Waals surface area contributed by atoms with E-state index in [1.807, 2.05) is 0 Å². The molecule has 6 nitrogen and oxygen atoms in total. The Morgan fingerprint density at radius 3 is 2.31 bits per heavy atom. The van der Waals surface area contributed by atoms with Crippen LogP contribution >= 0.6 is 11.6 Å². The molecule has 0 bridgehead atoms.